The average molecular weight is 237 g/mol. The van der Waals surface area contributed by atoms with E-state index in [0.29, 0.717) is 11.7 Å². The molecule has 0 radical (unpaired) electrons. The molecule has 94 valence electrons. The van der Waals surface area contributed by atoms with Gasteiger partial charge < -0.3 is 15.0 Å². The van der Waals surface area contributed by atoms with Crippen LogP contribution in [0.1, 0.15) is 25.6 Å². The van der Waals surface area contributed by atoms with Crippen LogP contribution in [0.2, 0.25) is 0 Å². The van der Waals surface area contributed by atoms with Crippen molar-refractivity contribution >= 4 is 5.82 Å². The number of nitrogens with one attached hydrogen (secondary N) is 1. The lowest BCUT2D eigenvalue weighted by Gasteiger charge is -2.33. The van der Waals surface area contributed by atoms with Crippen molar-refractivity contribution in [1.29, 1.82) is 0 Å². The van der Waals surface area contributed by atoms with Gasteiger partial charge in [-0.15, -0.1) is 0 Å². The van der Waals surface area contributed by atoms with Crippen molar-refractivity contribution < 1.29 is 5.11 Å². The van der Waals surface area contributed by atoms with Crippen LogP contribution in [0.3, 0.4) is 0 Å². The fraction of sp³-hybridized carbons (Fsp3) is 0.667. The first-order valence-corrected chi connectivity index (χ1v) is 6.07. The summed E-state index contributed by atoms with van der Waals surface area (Å²) in [7, 11) is 0. The number of aliphatic hydroxyl groups is 1. The Hall–Kier alpha value is -1.36. The van der Waals surface area contributed by atoms with E-state index in [-0.39, 0.29) is 11.7 Å². The van der Waals surface area contributed by atoms with Gasteiger partial charge in [-0.3, -0.25) is 4.79 Å². The van der Waals surface area contributed by atoms with Crippen molar-refractivity contribution in [3.8, 4) is 0 Å². The van der Waals surface area contributed by atoms with Crippen molar-refractivity contribution in [2.45, 2.75) is 32.8 Å². The van der Waals surface area contributed by atoms with Crippen LogP contribution in [-0.2, 0) is 0 Å². The minimum Gasteiger partial charge on any atom is -0.393 e. The van der Waals surface area contributed by atoms with E-state index < -0.39 is 0 Å². The molecule has 1 aromatic rings. The first kappa shape index (κ1) is 12.1. The molecule has 2 rings (SSSR count). The van der Waals surface area contributed by atoms with E-state index in [1.54, 1.807) is 6.92 Å². The number of hydrogen-bond acceptors (Lipinski definition) is 4. The van der Waals surface area contributed by atoms with Gasteiger partial charge in [0.15, 0.2) is 0 Å². The number of hydrogen-bond donors (Lipinski definition) is 2. The molecule has 0 spiro atoms. The second-order valence-electron chi connectivity index (χ2n) is 4.75. The Kier molecular flexibility index (Phi) is 3.47. The number of aromatic nitrogens is 2. The van der Waals surface area contributed by atoms with Crippen LogP contribution in [0.15, 0.2) is 10.9 Å². The van der Waals surface area contributed by atoms with Crippen LogP contribution in [0.25, 0.3) is 0 Å². The lowest BCUT2D eigenvalue weighted by molar-refractivity contribution is 0.110. The standard InChI is InChI=1S/C12H19N3O2/c1-8(16)10-3-5-15(6-4-10)11-7-12(17)14-9(2)13-11/h7-8,10,16H,3-6H2,1-2H3,(H,13,14,17). The number of aryl methyl sites for hydroxylation is 1. The van der Waals surface area contributed by atoms with E-state index >= 15 is 0 Å². The third-order valence-electron chi connectivity index (χ3n) is 3.39. The maximum absolute atomic E-state index is 11.4. The second kappa shape index (κ2) is 4.87. The summed E-state index contributed by atoms with van der Waals surface area (Å²) in [5.74, 6) is 1.76. The summed E-state index contributed by atoms with van der Waals surface area (Å²) in [6.45, 7) is 5.33. The van der Waals surface area contributed by atoms with E-state index in [2.05, 4.69) is 14.9 Å². The maximum atomic E-state index is 11.4. The molecule has 1 fully saturated rings. The predicted octanol–water partition coefficient (Wildman–Crippen LogP) is 0.676. The summed E-state index contributed by atoms with van der Waals surface area (Å²) in [6.07, 6.45) is 1.65. The number of aliphatic hydroxyl groups excluding tert-OH is 1. The number of aromatic amines is 1. The SMILES string of the molecule is Cc1nc(N2CCC(C(C)O)CC2)cc(=O)[nH]1. The third kappa shape index (κ3) is 2.85. The van der Waals surface area contributed by atoms with Gasteiger partial charge in [0.1, 0.15) is 11.6 Å². The third-order valence-corrected chi connectivity index (χ3v) is 3.39. The number of anilines is 1. The molecule has 0 amide bonds. The smallest absolute Gasteiger partial charge is 0.252 e. The molecule has 0 bridgehead atoms. The van der Waals surface area contributed by atoms with Crippen molar-refractivity contribution in [2.24, 2.45) is 5.92 Å². The normalized spacial score (nSPS) is 19.4. The Morgan fingerprint density at radius 3 is 2.71 bits per heavy atom. The molecule has 2 heterocycles. The predicted molar refractivity (Wildman–Crippen MR) is 66.2 cm³/mol. The zero-order valence-corrected chi connectivity index (χ0v) is 10.3. The first-order chi connectivity index (χ1) is 8.06. The van der Waals surface area contributed by atoms with Gasteiger partial charge in [0.05, 0.1) is 6.10 Å². The zero-order chi connectivity index (χ0) is 12.4. The topological polar surface area (TPSA) is 69.2 Å². The lowest BCUT2D eigenvalue weighted by atomic mass is 9.92. The van der Waals surface area contributed by atoms with Gasteiger partial charge in [-0.1, -0.05) is 0 Å². The Balaban J connectivity index is 2.08. The van der Waals surface area contributed by atoms with E-state index in [9.17, 15) is 9.90 Å². The average Bonchev–Trinajstić information content (AvgIpc) is 2.28. The van der Waals surface area contributed by atoms with Crippen LogP contribution in [0.4, 0.5) is 5.82 Å². The van der Waals surface area contributed by atoms with Crippen molar-refractivity contribution in [3.63, 3.8) is 0 Å². The summed E-state index contributed by atoms with van der Waals surface area (Å²) in [5, 5.41) is 9.53. The molecule has 5 nitrogen and oxygen atoms in total. The maximum Gasteiger partial charge on any atom is 0.252 e. The number of nitrogens with zero attached hydrogens (tertiary/aromatic N) is 2. The summed E-state index contributed by atoms with van der Waals surface area (Å²) in [5.41, 5.74) is -0.106. The Morgan fingerprint density at radius 2 is 2.18 bits per heavy atom. The van der Waals surface area contributed by atoms with Crippen LogP contribution in [0.5, 0.6) is 0 Å². The summed E-state index contributed by atoms with van der Waals surface area (Å²) in [6, 6.07) is 1.54. The van der Waals surface area contributed by atoms with E-state index in [1.165, 1.54) is 6.07 Å². The fourth-order valence-electron chi connectivity index (χ4n) is 2.34. The molecule has 1 atom stereocenters. The zero-order valence-electron chi connectivity index (χ0n) is 10.3. The molecule has 1 aliphatic rings. The van der Waals surface area contributed by atoms with Crippen molar-refractivity contribution in [3.05, 3.63) is 22.2 Å². The molecule has 1 saturated heterocycles. The van der Waals surface area contributed by atoms with E-state index in [1.807, 2.05) is 6.92 Å². The highest BCUT2D eigenvalue weighted by atomic mass is 16.3. The van der Waals surface area contributed by atoms with Gasteiger partial charge in [0, 0.05) is 19.2 Å². The number of piperidine rings is 1. The molecule has 1 aromatic heterocycles. The van der Waals surface area contributed by atoms with Crippen LogP contribution < -0.4 is 10.5 Å². The monoisotopic (exact) mass is 237 g/mol. The van der Waals surface area contributed by atoms with Crippen LogP contribution >= 0.6 is 0 Å². The Morgan fingerprint density at radius 1 is 1.53 bits per heavy atom. The van der Waals surface area contributed by atoms with Gasteiger partial charge in [-0.25, -0.2) is 4.98 Å². The minimum atomic E-state index is -0.244. The molecule has 2 N–H and O–H groups in total. The van der Waals surface area contributed by atoms with Gasteiger partial charge in [0.25, 0.3) is 5.56 Å². The molecule has 17 heavy (non-hydrogen) atoms. The first-order valence-electron chi connectivity index (χ1n) is 6.07. The van der Waals surface area contributed by atoms with E-state index in [4.69, 9.17) is 0 Å². The lowest BCUT2D eigenvalue weighted by Crippen LogP contribution is -2.38. The van der Waals surface area contributed by atoms with Gasteiger partial charge in [-0.05, 0) is 32.6 Å². The number of rotatable bonds is 2. The van der Waals surface area contributed by atoms with Crippen molar-refractivity contribution in [2.75, 3.05) is 18.0 Å². The molecule has 5 heteroatoms. The second-order valence-corrected chi connectivity index (χ2v) is 4.75. The molecular weight excluding hydrogens is 218 g/mol. The molecular formula is C12H19N3O2. The summed E-state index contributed by atoms with van der Waals surface area (Å²) >= 11 is 0. The highest BCUT2D eigenvalue weighted by Crippen LogP contribution is 2.23. The summed E-state index contributed by atoms with van der Waals surface area (Å²) in [4.78, 5) is 20.5. The molecule has 1 aliphatic heterocycles. The van der Waals surface area contributed by atoms with Gasteiger partial charge in [0.2, 0.25) is 0 Å². The molecule has 0 saturated carbocycles. The molecule has 0 aliphatic carbocycles. The Bertz CT molecular complexity index is 434. The summed E-state index contributed by atoms with van der Waals surface area (Å²) < 4.78 is 0. The van der Waals surface area contributed by atoms with Gasteiger partial charge >= 0.3 is 0 Å². The molecule has 1 unspecified atom stereocenters. The number of H-pyrrole nitrogens is 1. The highest BCUT2D eigenvalue weighted by Gasteiger charge is 2.23. The quantitative estimate of drug-likeness (QED) is 0.793. The Labute approximate surface area is 100 Å². The van der Waals surface area contributed by atoms with Gasteiger partial charge in [-0.2, -0.15) is 0 Å². The van der Waals surface area contributed by atoms with Crippen LogP contribution in [-0.4, -0.2) is 34.3 Å². The highest BCUT2D eigenvalue weighted by molar-refractivity contribution is 5.37. The minimum absolute atomic E-state index is 0.106. The largest absolute Gasteiger partial charge is 0.393 e. The fourth-order valence-corrected chi connectivity index (χ4v) is 2.34. The van der Waals surface area contributed by atoms with Crippen molar-refractivity contribution in [1.82, 2.24) is 9.97 Å². The van der Waals surface area contributed by atoms with E-state index in [0.717, 1.165) is 31.7 Å². The molecule has 0 aromatic carbocycles. The van der Waals surface area contributed by atoms with Crippen LogP contribution in [0, 0.1) is 12.8 Å².